The summed E-state index contributed by atoms with van der Waals surface area (Å²) in [5, 5.41) is 8.13. The standard InChI is InChI=1S/C29H26ClN3O2/c1-4-27(34)33-25(21-12-8-9-13-26(21)35-3)17-24(32-33)28-18(2)31-23-15-14-20(30)16-22(23)29(28)19-10-6-5-7-11-19/h5-16,25H,4,17H2,1-3H3/t25-/m1/s1. The average molecular weight is 484 g/mol. The van der Waals surface area contributed by atoms with Crippen LogP contribution in [0.3, 0.4) is 0 Å². The van der Waals surface area contributed by atoms with Crippen LogP contribution in [0.15, 0.2) is 77.9 Å². The highest BCUT2D eigenvalue weighted by molar-refractivity contribution is 6.31. The van der Waals surface area contributed by atoms with E-state index in [1.165, 1.54) is 0 Å². The Kier molecular flexibility index (Phi) is 6.27. The van der Waals surface area contributed by atoms with Gasteiger partial charge in [0.2, 0.25) is 5.91 Å². The lowest BCUT2D eigenvalue weighted by molar-refractivity contribution is -0.132. The monoisotopic (exact) mass is 483 g/mol. The van der Waals surface area contributed by atoms with Gasteiger partial charge in [0, 0.05) is 45.6 Å². The number of aromatic nitrogens is 1. The van der Waals surface area contributed by atoms with Crippen molar-refractivity contribution in [1.82, 2.24) is 9.99 Å². The molecule has 0 spiro atoms. The fraction of sp³-hybridized carbons (Fsp3) is 0.207. The zero-order valence-electron chi connectivity index (χ0n) is 20.0. The van der Waals surface area contributed by atoms with E-state index in [2.05, 4.69) is 12.1 Å². The van der Waals surface area contributed by atoms with E-state index in [1.54, 1.807) is 12.1 Å². The van der Waals surface area contributed by atoms with Crippen molar-refractivity contribution in [2.45, 2.75) is 32.7 Å². The highest BCUT2D eigenvalue weighted by Gasteiger charge is 2.36. The van der Waals surface area contributed by atoms with Crippen molar-refractivity contribution < 1.29 is 9.53 Å². The number of hydrogen-bond acceptors (Lipinski definition) is 4. The van der Waals surface area contributed by atoms with E-state index in [-0.39, 0.29) is 11.9 Å². The average Bonchev–Trinajstić information content (AvgIpc) is 3.33. The number of hydrogen-bond donors (Lipinski definition) is 0. The zero-order chi connectivity index (χ0) is 24.5. The molecule has 0 unspecified atom stereocenters. The molecule has 4 aromatic rings. The minimum atomic E-state index is -0.258. The van der Waals surface area contributed by atoms with Gasteiger partial charge < -0.3 is 4.74 Å². The third kappa shape index (κ3) is 4.17. The predicted molar refractivity (Wildman–Crippen MR) is 141 cm³/mol. The molecule has 5 nitrogen and oxygen atoms in total. The van der Waals surface area contributed by atoms with Crippen LogP contribution in [-0.2, 0) is 4.79 Å². The largest absolute Gasteiger partial charge is 0.496 e. The molecule has 2 heterocycles. The lowest BCUT2D eigenvalue weighted by atomic mass is 9.89. The van der Waals surface area contributed by atoms with Crippen molar-refractivity contribution in [3.63, 3.8) is 0 Å². The summed E-state index contributed by atoms with van der Waals surface area (Å²) >= 11 is 6.43. The Labute approximate surface area is 210 Å². The molecule has 1 aromatic heterocycles. The topological polar surface area (TPSA) is 54.8 Å². The summed E-state index contributed by atoms with van der Waals surface area (Å²) in [6.45, 7) is 3.86. The number of aryl methyl sites for hydroxylation is 1. The van der Waals surface area contributed by atoms with Gasteiger partial charge in [0.05, 0.1) is 24.4 Å². The van der Waals surface area contributed by atoms with Crippen LogP contribution < -0.4 is 4.74 Å². The normalized spacial score (nSPS) is 15.4. The summed E-state index contributed by atoms with van der Waals surface area (Å²) in [6, 6.07) is 23.5. The van der Waals surface area contributed by atoms with Crippen molar-refractivity contribution in [3.8, 4) is 16.9 Å². The molecular weight excluding hydrogens is 458 g/mol. The summed E-state index contributed by atoms with van der Waals surface area (Å²) in [6.07, 6.45) is 0.916. The number of methoxy groups -OCH3 is 1. The number of nitrogens with zero attached hydrogens (tertiary/aromatic N) is 3. The molecule has 1 amide bonds. The maximum absolute atomic E-state index is 13.0. The molecule has 0 saturated heterocycles. The van der Waals surface area contributed by atoms with Crippen LogP contribution >= 0.6 is 11.6 Å². The second-order valence-electron chi connectivity index (χ2n) is 8.58. The van der Waals surface area contributed by atoms with Crippen molar-refractivity contribution >= 4 is 34.1 Å². The quantitative estimate of drug-likeness (QED) is 0.308. The number of pyridine rings is 1. The SMILES string of the molecule is CCC(=O)N1N=C(c2c(C)nc3ccc(Cl)cc3c2-c2ccccc2)C[C@@H]1c1ccccc1OC. The second kappa shape index (κ2) is 9.51. The van der Waals surface area contributed by atoms with E-state index >= 15 is 0 Å². The molecule has 1 aliphatic rings. The molecule has 35 heavy (non-hydrogen) atoms. The van der Waals surface area contributed by atoms with Gasteiger partial charge in [0.1, 0.15) is 5.75 Å². The number of para-hydroxylation sites is 1. The van der Waals surface area contributed by atoms with Crippen molar-refractivity contribution in [2.75, 3.05) is 7.11 Å². The molecular formula is C29H26ClN3O2. The van der Waals surface area contributed by atoms with Crippen LogP contribution in [0.1, 0.15) is 42.6 Å². The number of ether oxygens (including phenoxy) is 1. The van der Waals surface area contributed by atoms with E-state index in [0.29, 0.717) is 17.9 Å². The van der Waals surface area contributed by atoms with E-state index in [1.807, 2.05) is 74.5 Å². The first-order valence-corrected chi connectivity index (χ1v) is 12.1. The Balaban J connectivity index is 1.74. The molecule has 0 bridgehead atoms. The van der Waals surface area contributed by atoms with Crippen LogP contribution in [0, 0.1) is 6.92 Å². The number of halogens is 1. The van der Waals surface area contributed by atoms with Gasteiger partial charge in [-0.05, 0) is 36.8 Å². The van der Waals surface area contributed by atoms with Crippen LogP contribution in [0.25, 0.3) is 22.0 Å². The fourth-order valence-electron chi connectivity index (χ4n) is 4.85. The number of hydrazone groups is 1. The summed E-state index contributed by atoms with van der Waals surface area (Å²) in [5.41, 5.74) is 6.52. The second-order valence-corrected chi connectivity index (χ2v) is 9.01. The number of fused-ring (bicyclic) bond motifs is 1. The van der Waals surface area contributed by atoms with Crippen LogP contribution in [-0.4, -0.2) is 28.7 Å². The molecule has 3 aromatic carbocycles. The van der Waals surface area contributed by atoms with Gasteiger partial charge in [-0.2, -0.15) is 5.10 Å². The fourth-order valence-corrected chi connectivity index (χ4v) is 5.03. The number of carbonyl (C=O) groups excluding carboxylic acids is 1. The summed E-state index contributed by atoms with van der Waals surface area (Å²) in [7, 11) is 1.65. The molecule has 1 atom stereocenters. The zero-order valence-corrected chi connectivity index (χ0v) is 20.7. The molecule has 176 valence electrons. The maximum atomic E-state index is 13.0. The van der Waals surface area contributed by atoms with Crippen molar-refractivity contribution in [1.29, 1.82) is 0 Å². The predicted octanol–water partition coefficient (Wildman–Crippen LogP) is 6.96. The van der Waals surface area contributed by atoms with Crippen molar-refractivity contribution in [3.05, 3.63) is 94.6 Å². The Hall–Kier alpha value is -3.70. The summed E-state index contributed by atoms with van der Waals surface area (Å²) < 4.78 is 5.63. The molecule has 0 fully saturated rings. The van der Waals surface area contributed by atoms with Gasteiger partial charge in [-0.1, -0.05) is 67.1 Å². The summed E-state index contributed by atoms with van der Waals surface area (Å²) in [5.74, 6) is 0.706. The number of benzene rings is 3. The van der Waals surface area contributed by atoms with Gasteiger partial charge in [-0.25, -0.2) is 5.01 Å². The molecule has 0 radical (unpaired) electrons. The van der Waals surface area contributed by atoms with E-state index in [0.717, 1.165) is 50.3 Å². The molecule has 1 aliphatic heterocycles. The smallest absolute Gasteiger partial charge is 0.242 e. The first-order chi connectivity index (χ1) is 17.0. The molecule has 0 N–H and O–H groups in total. The first-order valence-electron chi connectivity index (χ1n) is 11.7. The Bertz CT molecular complexity index is 1450. The van der Waals surface area contributed by atoms with Gasteiger partial charge >= 0.3 is 0 Å². The Morgan fingerprint density at radius 1 is 1.06 bits per heavy atom. The highest BCUT2D eigenvalue weighted by atomic mass is 35.5. The summed E-state index contributed by atoms with van der Waals surface area (Å²) in [4.78, 5) is 17.9. The minimum absolute atomic E-state index is 0.0355. The van der Waals surface area contributed by atoms with Crippen LogP contribution in [0.4, 0.5) is 0 Å². The van der Waals surface area contributed by atoms with Crippen LogP contribution in [0.2, 0.25) is 5.02 Å². The molecule has 5 rings (SSSR count). The van der Waals surface area contributed by atoms with Gasteiger partial charge in [-0.15, -0.1) is 0 Å². The third-order valence-corrected chi connectivity index (χ3v) is 6.68. The third-order valence-electron chi connectivity index (χ3n) is 6.45. The van der Waals surface area contributed by atoms with Gasteiger partial charge in [0.15, 0.2) is 0 Å². The Morgan fingerprint density at radius 3 is 2.54 bits per heavy atom. The number of amides is 1. The lowest BCUT2D eigenvalue weighted by Gasteiger charge is -2.23. The number of carbonyl (C=O) groups is 1. The molecule has 6 heteroatoms. The maximum Gasteiger partial charge on any atom is 0.242 e. The van der Waals surface area contributed by atoms with Gasteiger partial charge in [-0.3, -0.25) is 9.78 Å². The van der Waals surface area contributed by atoms with E-state index in [4.69, 9.17) is 26.4 Å². The first kappa shape index (κ1) is 23.1. The van der Waals surface area contributed by atoms with E-state index < -0.39 is 0 Å². The van der Waals surface area contributed by atoms with Crippen molar-refractivity contribution in [2.24, 2.45) is 5.10 Å². The minimum Gasteiger partial charge on any atom is -0.496 e. The van der Waals surface area contributed by atoms with Crippen LogP contribution in [0.5, 0.6) is 5.75 Å². The molecule has 0 aliphatic carbocycles. The number of rotatable bonds is 5. The van der Waals surface area contributed by atoms with E-state index in [9.17, 15) is 4.79 Å². The van der Waals surface area contributed by atoms with Gasteiger partial charge in [0.25, 0.3) is 0 Å². The highest BCUT2D eigenvalue weighted by Crippen LogP contribution is 2.41. The molecule has 0 saturated carbocycles. The lowest BCUT2D eigenvalue weighted by Crippen LogP contribution is -2.26. The Morgan fingerprint density at radius 2 is 1.80 bits per heavy atom.